The van der Waals surface area contributed by atoms with Crippen LogP contribution >= 0.6 is 7.60 Å². The summed E-state index contributed by atoms with van der Waals surface area (Å²) in [6.45, 7) is 19.0. The first-order chi connectivity index (χ1) is 13.6. The third-order valence-electron chi connectivity index (χ3n) is 4.30. The fourth-order valence-electron chi connectivity index (χ4n) is 3.04. The van der Waals surface area contributed by atoms with E-state index in [9.17, 15) is 9.36 Å². The molecular formula is C21H46N3O5P. The van der Waals surface area contributed by atoms with E-state index in [2.05, 4.69) is 10.2 Å². The lowest BCUT2D eigenvalue weighted by Gasteiger charge is -2.48. The van der Waals surface area contributed by atoms with Crippen LogP contribution in [0.1, 0.15) is 68.7 Å². The van der Waals surface area contributed by atoms with E-state index < -0.39 is 30.4 Å². The van der Waals surface area contributed by atoms with Crippen molar-refractivity contribution in [1.29, 1.82) is 0 Å². The van der Waals surface area contributed by atoms with E-state index in [0.717, 1.165) is 13.0 Å². The van der Waals surface area contributed by atoms with Crippen LogP contribution in [0.25, 0.3) is 0 Å². The number of nitrogens with one attached hydrogen (secondary N) is 1. The third kappa shape index (κ3) is 9.75. The predicted molar refractivity (Wildman–Crippen MR) is 122 cm³/mol. The molecule has 0 fully saturated rings. The van der Waals surface area contributed by atoms with Gasteiger partial charge in [0.05, 0.1) is 13.2 Å². The average Bonchev–Trinajstić information content (AvgIpc) is 2.55. The number of carbonyl (C=O) groups excluding carboxylic acids is 1. The number of rotatable bonds is 13. The van der Waals surface area contributed by atoms with Crippen LogP contribution in [0.5, 0.6) is 0 Å². The molecule has 30 heavy (non-hydrogen) atoms. The van der Waals surface area contributed by atoms with Crippen LogP contribution in [0.2, 0.25) is 0 Å². The first-order valence-electron chi connectivity index (χ1n) is 10.9. The molecule has 1 N–H and O–H groups in total. The molecule has 0 aromatic carbocycles. The highest BCUT2D eigenvalue weighted by Crippen LogP contribution is 2.60. The number of nitrogens with zero attached hydrogens (tertiary/aromatic N) is 2. The normalized spacial score (nSPS) is 15.5. The summed E-state index contributed by atoms with van der Waals surface area (Å²) in [5, 5.41) is 4.55. The summed E-state index contributed by atoms with van der Waals surface area (Å²) in [7, 11) is 0.429. The van der Waals surface area contributed by atoms with Gasteiger partial charge in [0.2, 0.25) is 0 Å². The molecule has 180 valence electrons. The second kappa shape index (κ2) is 12.5. The van der Waals surface area contributed by atoms with E-state index in [0.29, 0.717) is 6.54 Å². The van der Waals surface area contributed by atoms with Crippen molar-refractivity contribution in [2.75, 3.05) is 40.4 Å². The minimum atomic E-state index is -3.56. The molecule has 0 aromatic heterocycles. The predicted octanol–water partition coefficient (Wildman–Crippen LogP) is 4.11. The van der Waals surface area contributed by atoms with Gasteiger partial charge in [-0.1, -0.05) is 20.8 Å². The maximum Gasteiger partial charge on any atom is 0.350 e. The van der Waals surface area contributed by atoms with Gasteiger partial charge in [-0.2, -0.15) is 5.06 Å². The highest BCUT2D eigenvalue weighted by molar-refractivity contribution is 7.54. The summed E-state index contributed by atoms with van der Waals surface area (Å²) < 4.78 is 25.2. The Morgan fingerprint density at radius 3 is 1.90 bits per heavy atom. The number of hydrogen-bond donors (Lipinski definition) is 1. The van der Waals surface area contributed by atoms with E-state index in [1.54, 1.807) is 25.8 Å². The smallest absolute Gasteiger partial charge is 0.350 e. The zero-order valence-corrected chi connectivity index (χ0v) is 22.0. The van der Waals surface area contributed by atoms with Gasteiger partial charge in [0, 0.05) is 12.1 Å². The maximum atomic E-state index is 13.8. The number of hydroxylamine groups is 2. The lowest BCUT2D eigenvalue weighted by molar-refractivity contribution is -0.257. The Balaban J connectivity index is 5.71. The van der Waals surface area contributed by atoms with Gasteiger partial charge >= 0.3 is 7.60 Å². The van der Waals surface area contributed by atoms with Crippen LogP contribution in [-0.2, 0) is 23.2 Å². The lowest BCUT2D eigenvalue weighted by atomic mass is 9.94. The van der Waals surface area contributed by atoms with E-state index in [4.69, 9.17) is 13.9 Å². The Kier molecular flexibility index (Phi) is 12.3. The molecule has 0 saturated heterocycles. The van der Waals surface area contributed by atoms with Gasteiger partial charge in [-0.15, -0.1) is 0 Å². The van der Waals surface area contributed by atoms with Gasteiger partial charge in [0.15, 0.2) is 6.10 Å². The maximum absolute atomic E-state index is 13.8. The van der Waals surface area contributed by atoms with Gasteiger partial charge in [-0.3, -0.25) is 14.2 Å². The first kappa shape index (κ1) is 29.5. The molecule has 0 aromatic rings. The number of carbonyl (C=O) groups is 1. The molecule has 2 unspecified atom stereocenters. The minimum absolute atomic E-state index is 0.210. The quantitative estimate of drug-likeness (QED) is 0.256. The van der Waals surface area contributed by atoms with Crippen molar-refractivity contribution in [1.82, 2.24) is 15.3 Å². The molecule has 0 heterocycles. The Hall–Kier alpha value is -0.500. The van der Waals surface area contributed by atoms with Crippen molar-refractivity contribution >= 4 is 13.5 Å². The molecule has 0 aliphatic carbocycles. The van der Waals surface area contributed by atoms with Crippen molar-refractivity contribution in [3.05, 3.63) is 0 Å². The first-order valence-corrected chi connectivity index (χ1v) is 12.5. The highest BCUT2D eigenvalue weighted by atomic mass is 31.2. The van der Waals surface area contributed by atoms with E-state index in [1.807, 2.05) is 55.6 Å². The molecule has 0 spiro atoms. The van der Waals surface area contributed by atoms with E-state index in [1.165, 1.54) is 0 Å². The topological polar surface area (TPSA) is 80.3 Å². The SMILES string of the molecule is CCOP(=O)(OCC)C(N(OC(C)C(=O)NCCCN(C)C)C(C)(C)C)C(C)(C)C. The van der Waals surface area contributed by atoms with E-state index >= 15 is 0 Å². The molecule has 0 saturated carbocycles. The standard InChI is InChI=1S/C21H46N3O5P/c1-12-27-30(26,28-13-2)19(20(4,5)6)24(21(7,8)9)29-17(3)18(25)22-15-14-16-23(10)11/h17,19H,12-16H2,1-11H3,(H,22,25). The fourth-order valence-corrected chi connectivity index (χ4v) is 5.73. The molecule has 0 rings (SSSR count). The van der Waals surface area contributed by atoms with Gasteiger partial charge in [-0.25, -0.2) is 0 Å². The second-order valence-corrected chi connectivity index (χ2v) is 11.9. The Morgan fingerprint density at radius 1 is 1.03 bits per heavy atom. The molecule has 0 aliphatic heterocycles. The molecule has 8 nitrogen and oxygen atoms in total. The molecular weight excluding hydrogens is 405 g/mol. The van der Waals surface area contributed by atoms with Crippen LogP contribution in [-0.4, -0.2) is 73.7 Å². The monoisotopic (exact) mass is 451 g/mol. The van der Waals surface area contributed by atoms with Crippen LogP contribution in [0, 0.1) is 5.41 Å². The van der Waals surface area contributed by atoms with E-state index in [-0.39, 0.29) is 19.1 Å². The van der Waals surface area contributed by atoms with Gasteiger partial charge in [0.1, 0.15) is 5.78 Å². The Bertz CT molecular complexity index is 548. The molecule has 0 bridgehead atoms. The Labute approximate surface area is 184 Å². The summed E-state index contributed by atoms with van der Waals surface area (Å²) in [6, 6.07) is 0. The van der Waals surface area contributed by atoms with Crippen LogP contribution < -0.4 is 5.32 Å². The summed E-state index contributed by atoms with van der Waals surface area (Å²) >= 11 is 0. The molecule has 0 aliphatic rings. The van der Waals surface area contributed by atoms with Crippen molar-refractivity contribution < 1.29 is 23.2 Å². The van der Waals surface area contributed by atoms with Crippen molar-refractivity contribution in [2.45, 2.75) is 86.2 Å². The Morgan fingerprint density at radius 2 is 1.53 bits per heavy atom. The van der Waals surface area contributed by atoms with Crippen molar-refractivity contribution in [3.8, 4) is 0 Å². The van der Waals surface area contributed by atoms with Gasteiger partial charge in [0.25, 0.3) is 5.91 Å². The summed E-state index contributed by atoms with van der Waals surface area (Å²) in [4.78, 5) is 20.8. The average molecular weight is 452 g/mol. The van der Waals surface area contributed by atoms with Crippen molar-refractivity contribution in [3.63, 3.8) is 0 Å². The van der Waals surface area contributed by atoms with Crippen LogP contribution in [0.4, 0.5) is 0 Å². The minimum Gasteiger partial charge on any atom is -0.354 e. The fraction of sp³-hybridized carbons (Fsp3) is 0.952. The second-order valence-electron chi connectivity index (χ2n) is 9.81. The molecule has 1 amide bonds. The third-order valence-corrected chi connectivity index (χ3v) is 7.12. The molecule has 0 radical (unpaired) electrons. The summed E-state index contributed by atoms with van der Waals surface area (Å²) in [5.41, 5.74) is -1.06. The van der Waals surface area contributed by atoms with Crippen LogP contribution in [0.15, 0.2) is 0 Å². The van der Waals surface area contributed by atoms with Crippen molar-refractivity contribution in [2.24, 2.45) is 5.41 Å². The molecule has 2 atom stereocenters. The largest absolute Gasteiger partial charge is 0.354 e. The zero-order valence-electron chi connectivity index (χ0n) is 21.1. The van der Waals surface area contributed by atoms with Gasteiger partial charge in [-0.05, 0) is 74.0 Å². The molecule has 9 heteroatoms. The lowest BCUT2D eigenvalue weighted by Crippen LogP contribution is -2.55. The summed E-state index contributed by atoms with van der Waals surface area (Å²) in [6.07, 6.45) is 0.0910. The van der Waals surface area contributed by atoms with Crippen LogP contribution in [0.3, 0.4) is 0 Å². The number of amides is 1. The zero-order chi connectivity index (χ0) is 23.8. The summed E-state index contributed by atoms with van der Waals surface area (Å²) in [5.74, 6) is -0.910. The number of hydrogen-bond acceptors (Lipinski definition) is 7. The van der Waals surface area contributed by atoms with Gasteiger partial charge < -0.3 is 19.3 Å². The highest BCUT2D eigenvalue weighted by Gasteiger charge is 2.51.